The van der Waals surface area contributed by atoms with Crippen LogP contribution in [0.5, 0.6) is 0 Å². The van der Waals surface area contributed by atoms with E-state index in [1.807, 2.05) is 27.9 Å². The van der Waals surface area contributed by atoms with E-state index in [2.05, 4.69) is 15.3 Å². The summed E-state index contributed by atoms with van der Waals surface area (Å²) in [5.41, 5.74) is 6.48. The van der Waals surface area contributed by atoms with Gasteiger partial charge in [-0.25, -0.2) is 9.98 Å². The molecule has 1 fully saturated rings. The van der Waals surface area contributed by atoms with Gasteiger partial charge >= 0.3 is 0 Å². The Labute approximate surface area is 209 Å². The maximum absolute atomic E-state index is 13.2. The summed E-state index contributed by atoms with van der Waals surface area (Å²) in [6, 6.07) is 5.19. The summed E-state index contributed by atoms with van der Waals surface area (Å²) in [5, 5.41) is 3.09. The van der Waals surface area contributed by atoms with Crippen LogP contribution in [0.15, 0.2) is 35.6 Å². The lowest BCUT2D eigenvalue weighted by molar-refractivity contribution is -0.133. The number of carbonyl (C=O) groups is 2. The monoisotopic (exact) mass is 499 g/mol. The number of nitrogens with two attached hydrogens (primary N) is 1. The standard InChI is InChI=1S/C24H30ClN7O3/c1-14-10-15(8-9-35-14)32-20(33)11-24(2,30-23(32)26)16-6-5-7-17(21(16)25)29-22(34)18-12-27-13-19(28-18)31(3)4/h5-7,12-15H,8-11H2,1-4H3,(H2,26,30)(H,29,34)/t14-,15-,24+/m1/s1. The minimum atomic E-state index is -0.975. The van der Waals surface area contributed by atoms with Crippen LogP contribution in [-0.4, -0.2) is 65.5 Å². The fourth-order valence-corrected chi connectivity index (χ4v) is 4.90. The summed E-state index contributed by atoms with van der Waals surface area (Å²) in [4.78, 5) is 42.5. The molecule has 4 rings (SSSR count). The second-order valence-corrected chi connectivity index (χ2v) is 9.70. The lowest BCUT2D eigenvalue weighted by Crippen LogP contribution is -2.56. The number of nitrogens with one attached hydrogen (secondary N) is 1. The zero-order valence-electron chi connectivity index (χ0n) is 20.3. The van der Waals surface area contributed by atoms with Crippen LogP contribution < -0.4 is 16.0 Å². The molecule has 35 heavy (non-hydrogen) atoms. The number of aliphatic imine (C=N–C) groups is 1. The van der Waals surface area contributed by atoms with Crippen LogP contribution in [0.1, 0.15) is 49.2 Å². The molecule has 1 aromatic carbocycles. The summed E-state index contributed by atoms with van der Waals surface area (Å²) in [6.07, 6.45) is 4.53. The largest absolute Gasteiger partial charge is 0.378 e. The zero-order chi connectivity index (χ0) is 25.3. The minimum Gasteiger partial charge on any atom is -0.378 e. The van der Waals surface area contributed by atoms with Gasteiger partial charge in [-0.15, -0.1) is 0 Å². The van der Waals surface area contributed by atoms with Crippen molar-refractivity contribution < 1.29 is 14.3 Å². The van der Waals surface area contributed by atoms with Crippen molar-refractivity contribution in [3.05, 3.63) is 46.9 Å². The molecule has 0 bridgehead atoms. The molecule has 0 saturated carbocycles. The van der Waals surface area contributed by atoms with Gasteiger partial charge in [0, 0.05) is 32.3 Å². The van der Waals surface area contributed by atoms with E-state index in [-0.39, 0.29) is 41.1 Å². The topological polar surface area (TPSA) is 126 Å². The van der Waals surface area contributed by atoms with Gasteiger partial charge in [0.05, 0.1) is 41.2 Å². The van der Waals surface area contributed by atoms with E-state index in [9.17, 15) is 9.59 Å². The fourth-order valence-electron chi connectivity index (χ4n) is 4.52. The predicted octanol–water partition coefficient (Wildman–Crippen LogP) is 2.78. The number of halogens is 1. The molecule has 2 aromatic rings. The van der Waals surface area contributed by atoms with Crippen molar-refractivity contribution in [1.29, 1.82) is 0 Å². The molecular formula is C24H30ClN7O3. The van der Waals surface area contributed by atoms with Crippen LogP contribution >= 0.6 is 11.6 Å². The summed E-state index contributed by atoms with van der Waals surface area (Å²) in [5.74, 6) is 0.163. The molecule has 186 valence electrons. The van der Waals surface area contributed by atoms with Crippen molar-refractivity contribution in [2.24, 2.45) is 10.7 Å². The second-order valence-electron chi connectivity index (χ2n) is 9.32. The van der Waals surface area contributed by atoms with Gasteiger partial charge in [0.1, 0.15) is 11.5 Å². The molecule has 2 aliphatic heterocycles. The number of hydrogen-bond acceptors (Lipinski definition) is 8. The van der Waals surface area contributed by atoms with Gasteiger partial charge in [0.2, 0.25) is 5.91 Å². The molecule has 0 aliphatic carbocycles. The van der Waals surface area contributed by atoms with Crippen molar-refractivity contribution in [2.45, 2.75) is 50.8 Å². The first-order chi connectivity index (χ1) is 16.6. The normalized spacial score (nSPS) is 24.7. The third-order valence-corrected chi connectivity index (χ3v) is 6.74. The Kier molecular flexibility index (Phi) is 6.95. The van der Waals surface area contributed by atoms with Crippen LogP contribution in [-0.2, 0) is 15.1 Å². The number of anilines is 2. The van der Waals surface area contributed by atoms with Gasteiger partial charge in [0.25, 0.3) is 5.91 Å². The van der Waals surface area contributed by atoms with E-state index in [4.69, 9.17) is 27.1 Å². The molecule has 0 radical (unpaired) electrons. The molecular weight excluding hydrogens is 470 g/mol. The van der Waals surface area contributed by atoms with Gasteiger partial charge < -0.3 is 20.7 Å². The Morgan fingerprint density at radius 2 is 2.11 bits per heavy atom. The summed E-state index contributed by atoms with van der Waals surface area (Å²) < 4.78 is 5.61. The predicted molar refractivity (Wildman–Crippen MR) is 135 cm³/mol. The average molecular weight is 500 g/mol. The maximum atomic E-state index is 13.2. The van der Waals surface area contributed by atoms with E-state index >= 15 is 0 Å². The third-order valence-electron chi connectivity index (χ3n) is 6.33. The number of amides is 2. The van der Waals surface area contributed by atoms with E-state index in [0.29, 0.717) is 36.5 Å². The zero-order valence-corrected chi connectivity index (χ0v) is 21.0. The van der Waals surface area contributed by atoms with E-state index in [1.54, 1.807) is 34.2 Å². The first-order valence-corrected chi connectivity index (χ1v) is 11.9. The Balaban J connectivity index is 1.60. The van der Waals surface area contributed by atoms with Crippen molar-refractivity contribution in [3.63, 3.8) is 0 Å². The van der Waals surface area contributed by atoms with Gasteiger partial charge in [-0.3, -0.25) is 19.5 Å². The highest BCUT2D eigenvalue weighted by molar-refractivity contribution is 6.35. The fraction of sp³-hybridized carbons (Fsp3) is 0.458. The second kappa shape index (κ2) is 9.79. The van der Waals surface area contributed by atoms with Gasteiger partial charge in [-0.1, -0.05) is 23.7 Å². The number of rotatable bonds is 5. The van der Waals surface area contributed by atoms with E-state index in [1.165, 1.54) is 6.20 Å². The summed E-state index contributed by atoms with van der Waals surface area (Å²) >= 11 is 6.73. The third kappa shape index (κ3) is 5.08. The highest BCUT2D eigenvalue weighted by atomic mass is 35.5. The lowest BCUT2D eigenvalue weighted by atomic mass is 9.86. The molecule has 1 aromatic heterocycles. The molecule has 3 atom stereocenters. The molecule has 0 unspecified atom stereocenters. The lowest BCUT2D eigenvalue weighted by Gasteiger charge is -2.41. The number of benzene rings is 1. The SMILES string of the molecule is C[C@@H]1C[C@H](N2C(=O)C[C@@](C)(c3cccc(NC(=O)c4cncc(N(C)C)n4)c3Cl)N=C2N)CCO1. The van der Waals surface area contributed by atoms with Crippen molar-refractivity contribution in [3.8, 4) is 0 Å². The van der Waals surface area contributed by atoms with E-state index in [0.717, 1.165) is 0 Å². The van der Waals surface area contributed by atoms with Crippen molar-refractivity contribution in [2.75, 3.05) is 30.9 Å². The first kappa shape index (κ1) is 24.9. The molecule has 0 spiro atoms. The Bertz CT molecular complexity index is 1170. The summed E-state index contributed by atoms with van der Waals surface area (Å²) in [6.45, 7) is 4.38. The molecule has 1 saturated heterocycles. The molecule has 10 nitrogen and oxygen atoms in total. The molecule has 3 N–H and O–H groups in total. The number of ether oxygens (including phenoxy) is 1. The Hall–Kier alpha value is -3.24. The van der Waals surface area contributed by atoms with Gasteiger partial charge in [-0.05, 0) is 32.8 Å². The highest BCUT2D eigenvalue weighted by Crippen LogP contribution is 2.41. The van der Waals surface area contributed by atoms with Gasteiger partial charge in [0.15, 0.2) is 5.96 Å². The van der Waals surface area contributed by atoms with Gasteiger partial charge in [-0.2, -0.15) is 0 Å². The maximum Gasteiger partial charge on any atom is 0.275 e. The average Bonchev–Trinajstić information content (AvgIpc) is 2.80. The van der Waals surface area contributed by atoms with Crippen molar-refractivity contribution in [1.82, 2.24) is 14.9 Å². The van der Waals surface area contributed by atoms with Crippen molar-refractivity contribution >= 4 is 40.9 Å². The van der Waals surface area contributed by atoms with E-state index < -0.39 is 11.4 Å². The molecule has 3 heterocycles. The first-order valence-electron chi connectivity index (χ1n) is 11.5. The van der Waals surface area contributed by atoms with Crippen LogP contribution in [0, 0.1) is 0 Å². The van der Waals surface area contributed by atoms with Crippen LogP contribution in [0.4, 0.5) is 11.5 Å². The molecule has 2 aliphatic rings. The number of hydrogen-bond donors (Lipinski definition) is 2. The quantitative estimate of drug-likeness (QED) is 0.647. The number of guanidine groups is 1. The van der Waals surface area contributed by atoms with Crippen LogP contribution in [0.2, 0.25) is 5.02 Å². The minimum absolute atomic E-state index is 0.0420. The summed E-state index contributed by atoms with van der Waals surface area (Å²) in [7, 11) is 3.63. The number of aromatic nitrogens is 2. The van der Waals surface area contributed by atoms with Crippen LogP contribution in [0.25, 0.3) is 0 Å². The highest BCUT2D eigenvalue weighted by Gasteiger charge is 2.42. The van der Waals surface area contributed by atoms with Crippen LogP contribution in [0.3, 0.4) is 0 Å². The molecule has 11 heteroatoms. The smallest absolute Gasteiger partial charge is 0.275 e. The molecule has 2 amide bonds. The Morgan fingerprint density at radius 1 is 1.34 bits per heavy atom. The number of nitrogens with zero attached hydrogens (tertiary/aromatic N) is 5. The number of carbonyl (C=O) groups excluding carboxylic acids is 2. The Morgan fingerprint density at radius 3 is 2.80 bits per heavy atom.